The fourth-order valence-electron chi connectivity index (χ4n) is 3.39. The molecule has 6 heteroatoms. The Morgan fingerprint density at radius 2 is 1.96 bits per heavy atom. The molecule has 0 saturated heterocycles. The van der Waals surface area contributed by atoms with Crippen molar-refractivity contribution in [2.24, 2.45) is 0 Å². The van der Waals surface area contributed by atoms with Crippen LogP contribution in [0.5, 0.6) is 11.5 Å². The SMILES string of the molecule is COc1ccc(CC(=O)OCC(=O)N(C2=CCCCC2)C2CC2)c(OC)c1. The number of methoxy groups -OCH3 is 2. The first-order valence-corrected chi connectivity index (χ1v) is 9.50. The average Bonchev–Trinajstić information content (AvgIpc) is 3.52. The van der Waals surface area contributed by atoms with Crippen LogP contribution in [-0.4, -0.2) is 43.6 Å². The quantitative estimate of drug-likeness (QED) is 0.655. The lowest BCUT2D eigenvalue weighted by Crippen LogP contribution is -2.36. The highest BCUT2D eigenvalue weighted by molar-refractivity contribution is 5.83. The normalized spacial score (nSPS) is 16.3. The van der Waals surface area contributed by atoms with Crippen LogP contribution in [-0.2, 0) is 20.7 Å². The molecule has 2 aliphatic rings. The topological polar surface area (TPSA) is 65.1 Å². The molecule has 0 bridgehead atoms. The molecule has 0 spiro atoms. The van der Waals surface area contributed by atoms with Crippen molar-refractivity contribution in [1.82, 2.24) is 4.90 Å². The van der Waals surface area contributed by atoms with Crippen LogP contribution in [0.2, 0.25) is 0 Å². The summed E-state index contributed by atoms with van der Waals surface area (Å²) >= 11 is 0. The Bertz CT molecular complexity index is 723. The Morgan fingerprint density at radius 3 is 2.59 bits per heavy atom. The Kier molecular flexibility index (Phi) is 6.37. The minimum absolute atomic E-state index is 0.0482. The van der Waals surface area contributed by atoms with Crippen LogP contribution in [0, 0.1) is 0 Å². The molecule has 1 fully saturated rings. The van der Waals surface area contributed by atoms with Crippen molar-refractivity contribution in [1.29, 1.82) is 0 Å². The first-order valence-electron chi connectivity index (χ1n) is 9.50. The van der Waals surface area contributed by atoms with E-state index in [1.807, 2.05) is 4.90 Å². The molecule has 0 aromatic heterocycles. The number of hydrogen-bond donors (Lipinski definition) is 0. The monoisotopic (exact) mass is 373 g/mol. The Hall–Kier alpha value is -2.50. The number of benzene rings is 1. The molecule has 6 nitrogen and oxygen atoms in total. The van der Waals surface area contributed by atoms with E-state index in [0.717, 1.165) is 37.8 Å². The highest BCUT2D eigenvalue weighted by Crippen LogP contribution is 2.33. The van der Waals surface area contributed by atoms with Gasteiger partial charge in [0.1, 0.15) is 11.5 Å². The van der Waals surface area contributed by atoms with Gasteiger partial charge in [-0.2, -0.15) is 0 Å². The molecule has 0 unspecified atom stereocenters. The van der Waals surface area contributed by atoms with E-state index in [1.54, 1.807) is 32.4 Å². The van der Waals surface area contributed by atoms with Crippen molar-refractivity contribution in [3.05, 3.63) is 35.5 Å². The zero-order chi connectivity index (χ0) is 19.2. The summed E-state index contributed by atoms with van der Waals surface area (Å²) in [6, 6.07) is 5.53. The predicted molar refractivity (Wildman–Crippen MR) is 101 cm³/mol. The smallest absolute Gasteiger partial charge is 0.310 e. The summed E-state index contributed by atoms with van der Waals surface area (Å²) in [6.07, 6.45) is 8.49. The molecule has 2 aliphatic carbocycles. The maximum atomic E-state index is 12.7. The van der Waals surface area contributed by atoms with Crippen LogP contribution in [0.3, 0.4) is 0 Å². The minimum atomic E-state index is -0.444. The standard InChI is InChI=1S/C21H27NO5/c1-25-18-11-8-15(19(13-18)26-2)12-21(24)27-14-20(23)22(17-9-10-17)16-6-4-3-5-7-16/h6,8,11,13,17H,3-5,7,9-10,12,14H2,1-2H3. The van der Waals surface area contributed by atoms with Gasteiger partial charge in [0.25, 0.3) is 5.91 Å². The molecule has 0 aliphatic heterocycles. The van der Waals surface area contributed by atoms with E-state index in [9.17, 15) is 9.59 Å². The first-order chi connectivity index (χ1) is 13.1. The maximum Gasteiger partial charge on any atom is 0.310 e. The lowest BCUT2D eigenvalue weighted by Gasteiger charge is -2.27. The van der Waals surface area contributed by atoms with Crippen LogP contribution >= 0.6 is 0 Å². The third kappa shape index (κ3) is 5.02. The van der Waals surface area contributed by atoms with Gasteiger partial charge >= 0.3 is 5.97 Å². The van der Waals surface area contributed by atoms with Gasteiger partial charge < -0.3 is 19.1 Å². The summed E-state index contributed by atoms with van der Waals surface area (Å²) in [5.41, 5.74) is 1.80. The van der Waals surface area contributed by atoms with Crippen LogP contribution in [0.25, 0.3) is 0 Å². The van der Waals surface area contributed by atoms with Gasteiger partial charge in [0.2, 0.25) is 0 Å². The fraction of sp³-hybridized carbons (Fsp3) is 0.524. The van der Waals surface area contributed by atoms with Crippen LogP contribution in [0.1, 0.15) is 44.1 Å². The average molecular weight is 373 g/mol. The summed E-state index contributed by atoms with van der Waals surface area (Å²) in [5.74, 6) is 0.644. The Morgan fingerprint density at radius 1 is 1.15 bits per heavy atom. The third-order valence-corrected chi connectivity index (χ3v) is 4.94. The van der Waals surface area contributed by atoms with Crippen molar-refractivity contribution in [3.63, 3.8) is 0 Å². The maximum absolute atomic E-state index is 12.7. The summed E-state index contributed by atoms with van der Waals surface area (Å²) in [4.78, 5) is 26.7. The first kappa shape index (κ1) is 19.3. The lowest BCUT2D eigenvalue weighted by atomic mass is 10.0. The molecular weight excluding hydrogens is 346 g/mol. The van der Waals surface area contributed by atoms with Crippen molar-refractivity contribution >= 4 is 11.9 Å². The second-order valence-electron chi connectivity index (χ2n) is 6.95. The van der Waals surface area contributed by atoms with E-state index in [0.29, 0.717) is 17.1 Å². The molecular formula is C21H27NO5. The summed E-state index contributed by atoms with van der Waals surface area (Å²) in [6.45, 7) is -0.217. The number of hydrogen-bond acceptors (Lipinski definition) is 5. The molecule has 0 N–H and O–H groups in total. The van der Waals surface area contributed by atoms with Gasteiger partial charge in [-0.15, -0.1) is 0 Å². The number of esters is 1. The predicted octanol–water partition coefficient (Wildman–Crippen LogP) is 3.24. The number of ether oxygens (including phenoxy) is 3. The van der Waals surface area contributed by atoms with Crippen LogP contribution < -0.4 is 9.47 Å². The number of carbonyl (C=O) groups excluding carboxylic acids is 2. The van der Waals surface area contributed by atoms with Gasteiger partial charge in [0.15, 0.2) is 6.61 Å². The summed E-state index contributed by atoms with van der Waals surface area (Å²) in [7, 11) is 3.11. The number of amides is 1. The molecule has 1 saturated carbocycles. The van der Waals surface area contributed by atoms with E-state index >= 15 is 0 Å². The van der Waals surface area contributed by atoms with E-state index < -0.39 is 5.97 Å². The number of allylic oxidation sites excluding steroid dienone is 2. The summed E-state index contributed by atoms with van der Waals surface area (Å²) < 4.78 is 15.7. The Labute approximate surface area is 160 Å². The second kappa shape index (κ2) is 8.93. The van der Waals surface area contributed by atoms with Gasteiger partial charge in [-0.05, 0) is 44.6 Å². The molecule has 146 valence electrons. The van der Waals surface area contributed by atoms with Crippen molar-refractivity contribution in [2.45, 2.75) is 51.0 Å². The van der Waals surface area contributed by atoms with E-state index in [2.05, 4.69) is 6.08 Å². The summed E-state index contributed by atoms with van der Waals surface area (Å²) in [5, 5.41) is 0. The molecule has 1 aromatic rings. The van der Waals surface area contributed by atoms with E-state index in [4.69, 9.17) is 14.2 Å². The van der Waals surface area contributed by atoms with Gasteiger partial charge in [-0.3, -0.25) is 9.59 Å². The fourth-order valence-corrected chi connectivity index (χ4v) is 3.39. The number of carbonyl (C=O) groups is 2. The van der Waals surface area contributed by atoms with Crippen molar-refractivity contribution in [3.8, 4) is 11.5 Å². The Balaban J connectivity index is 1.56. The minimum Gasteiger partial charge on any atom is -0.497 e. The molecule has 0 radical (unpaired) electrons. The van der Waals surface area contributed by atoms with Gasteiger partial charge in [0.05, 0.1) is 20.6 Å². The zero-order valence-corrected chi connectivity index (χ0v) is 16.0. The van der Waals surface area contributed by atoms with E-state index in [-0.39, 0.29) is 25.0 Å². The third-order valence-electron chi connectivity index (χ3n) is 4.94. The molecule has 1 amide bonds. The zero-order valence-electron chi connectivity index (χ0n) is 16.0. The van der Waals surface area contributed by atoms with Crippen molar-refractivity contribution < 1.29 is 23.8 Å². The highest BCUT2D eigenvalue weighted by atomic mass is 16.5. The molecule has 3 rings (SSSR count). The molecule has 27 heavy (non-hydrogen) atoms. The largest absolute Gasteiger partial charge is 0.497 e. The number of rotatable bonds is 8. The van der Waals surface area contributed by atoms with Gasteiger partial charge in [-0.25, -0.2) is 0 Å². The molecule has 0 heterocycles. The van der Waals surface area contributed by atoms with E-state index in [1.165, 1.54) is 6.42 Å². The van der Waals surface area contributed by atoms with Gasteiger partial charge in [0, 0.05) is 23.4 Å². The highest BCUT2D eigenvalue weighted by Gasteiger charge is 2.35. The lowest BCUT2D eigenvalue weighted by molar-refractivity contribution is -0.151. The van der Waals surface area contributed by atoms with Gasteiger partial charge in [-0.1, -0.05) is 12.1 Å². The second-order valence-corrected chi connectivity index (χ2v) is 6.95. The van der Waals surface area contributed by atoms with Crippen molar-refractivity contribution in [2.75, 3.05) is 20.8 Å². The van der Waals surface area contributed by atoms with Crippen LogP contribution in [0.15, 0.2) is 30.0 Å². The molecule has 0 atom stereocenters. The van der Waals surface area contributed by atoms with Crippen LogP contribution in [0.4, 0.5) is 0 Å². The number of nitrogens with zero attached hydrogens (tertiary/aromatic N) is 1. The molecule has 1 aromatic carbocycles.